The highest BCUT2D eigenvalue weighted by atomic mass is 35.5. The van der Waals surface area contributed by atoms with Gasteiger partial charge in [0.1, 0.15) is 0 Å². The Morgan fingerprint density at radius 1 is 1.30 bits per heavy atom. The first kappa shape index (κ1) is 20.2. The minimum Gasteiger partial charge on any atom is -0.369 e. The van der Waals surface area contributed by atoms with Crippen molar-refractivity contribution in [2.24, 2.45) is 4.99 Å². The molecule has 0 aliphatic carbocycles. The molecule has 0 radical (unpaired) electrons. The number of benzene rings is 1. The highest BCUT2D eigenvalue weighted by molar-refractivity contribution is 7.91. The molecule has 1 aromatic carbocycles. The molecular formula is C18H28ClN5O2S. The van der Waals surface area contributed by atoms with Crippen LogP contribution in [-0.4, -0.2) is 77.1 Å². The van der Waals surface area contributed by atoms with Crippen LogP contribution in [0.25, 0.3) is 0 Å². The number of rotatable bonds is 4. The average molecular weight is 414 g/mol. The van der Waals surface area contributed by atoms with Crippen molar-refractivity contribution < 1.29 is 8.42 Å². The molecule has 0 aromatic heterocycles. The van der Waals surface area contributed by atoms with Crippen LogP contribution < -0.4 is 15.5 Å². The summed E-state index contributed by atoms with van der Waals surface area (Å²) in [7, 11) is 0.897. The minimum atomic E-state index is -2.93. The number of aliphatic imine (C=N–C) groups is 1. The molecule has 27 heavy (non-hydrogen) atoms. The molecule has 2 fully saturated rings. The zero-order valence-corrected chi connectivity index (χ0v) is 17.5. The Morgan fingerprint density at radius 2 is 2.04 bits per heavy atom. The van der Waals surface area contributed by atoms with E-state index < -0.39 is 9.84 Å². The number of hydrogen-bond acceptors (Lipinski definition) is 5. The standard InChI is InChI=1S/C18H28ClN5O2S/c1-20-18(22-14-6-11-27(25,26)13-14)21-12-15-16(19)4-3-5-17(15)24-9-7-23(2)8-10-24/h3-5,14H,6-13H2,1-2H3,(H2,20,21,22). The van der Waals surface area contributed by atoms with Gasteiger partial charge in [-0.25, -0.2) is 8.42 Å². The third-order valence-electron chi connectivity index (χ3n) is 5.17. The third-order valence-corrected chi connectivity index (χ3v) is 7.29. The number of sulfone groups is 1. The van der Waals surface area contributed by atoms with Crippen LogP contribution in [0, 0.1) is 0 Å². The van der Waals surface area contributed by atoms with E-state index in [0.717, 1.165) is 42.5 Å². The molecule has 9 heteroatoms. The van der Waals surface area contributed by atoms with Gasteiger partial charge in [-0.1, -0.05) is 17.7 Å². The SMILES string of the molecule is CN=C(NCc1c(Cl)cccc1N1CCN(C)CC1)NC1CCS(=O)(=O)C1. The molecule has 1 atom stereocenters. The summed E-state index contributed by atoms with van der Waals surface area (Å²) in [6.45, 7) is 4.52. The Morgan fingerprint density at radius 3 is 2.67 bits per heavy atom. The third kappa shape index (κ3) is 5.27. The van der Waals surface area contributed by atoms with E-state index in [4.69, 9.17) is 11.6 Å². The van der Waals surface area contributed by atoms with Crippen molar-refractivity contribution in [1.29, 1.82) is 0 Å². The summed E-state index contributed by atoms with van der Waals surface area (Å²) < 4.78 is 23.3. The van der Waals surface area contributed by atoms with E-state index in [-0.39, 0.29) is 17.5 Å². The van der Waals surface area contributed by atoms with Crippen LogP contribution in [0.15, 0.2) is 23.2 Å². The fourth-order valence-corrected chi connectivity index (χ4v) is 5.44. The normalized spacial score (nSPS) is 23.4. The topological polar surface area (TPSA) is 77.0 Å². The zero-order valence-electron chi connectivity index (χ0n) is 15.9. The second-order valence-electron chi connectivity index (χ2n) is 7.20. The summed E-state index contributed by atoms with van der Waals surface area (Å²) >= 11 is 6.49. The number of nitrogens with one attached hydrogen (secondary N) is 2. The van der Waals surface area contributed by atoms with Crippen LogP contribution >= 0.6 is 11.6 Å². The summed E-state index contributed by atoms with van der Waals surface area (Å²) in [4.78, 5) is 8.92. The lowest BCUT2D eigenvalue weighted by Gasteiger charge is -2.35. The fourth-order valence-electron chi connectivity index (χ4n) is 3.53. The van der Waals surface area contributed by atoms with Gasteiger partial charge < -0.3 is 20.4 Å². The van der Waals surface area contributed by atoms with Gasteiger partial charge in [0.2, 0.25) is 0 Å². The lowest BCUT2D eigenvalue weighted by atomic mass is 10.1. The van der Waals surface area contributed by atoms with E-state index in [1.807, 2.05) is 12.1 Å². The van der Waals surface area contributed by atoms with Crippen molar-refractivity contribution in [3.63, 3.8) is 0 Å². The number of likely N-dealkylation sites (N-methyl/N-ethyl adjacent to an activating group) is 1. The van der Waals surface area contributed by atoms with Crippen LogP contribution in [0.1, 0.15) is 12.0 Å². The number of nitrogens with zero attached hydrogens (tertiary/aromatic N) is 3. The quantitative estimate of drug-likeness (QED) is 0.565. The second-order valence-corrected chi connectivity index (χ2v) is 9.83. The molecule has 0 saturated carbocycles. The van der Waals surface area contributed by atoms with Crippen molar-refractivity contribution in [2.45, 2.75) is 19.0 Å². The molecule has 2 aliphatic rings. The largest absolute Gasteiger partial charge is 0.369 e. The summed E-state index contributed by atoms with van der Waals surface area (Å²) in [5.74, 6) is 0.993. The van der Waals surface area contributed by atoms with Gasteiger partial charge in [-0.2, -0.15) is 0 Å². The lowest BCUT2D eigenvalue weighted by molar-refractivity contribution is 0.312. The van der Waals surface area contributed by atoms with Gasteiger partial charge in [0.05, 0.1) is 11.5 Å². The van der Waals surface area contributed by atoms with E-state index in [1.54, 1.807) is 7.05 Å². The van der Waals surface area contributed by atoms with Crippen LogP contribution in [-0.2, 0) is 16.4 Å². The average Bonchev–Trinajstić information content (AvgIpc) is 2.98. The molecule has 7 nitrogen and oxygen atoms in total. The summed E-state index contributed by atoms with van der Waals surface area (Å²) in [5, 5.41) is 7.22. The molecule has 2 saturated heterocycles. The maximum absolute atomic E-state index is 11.7. The van der Waals surface area contributed by atoms with E-state index in [0.29, 0.717) is 18.9 Å². The number of guanidine groups is 1. The molecule has 3 rings (SSSR count). The van der Waals surface area contributed by atoms with Gasteiger partial charge in [-0.3, -0.25) is 4.99 Å². The number of hydrogen-bond donors (Lipinski definition) is 2. The first-order chi connectivity index (χ1) is 12.9. The fraction of sp³-hybridized carbons (Fsp3) is 0.611. The number of halogens is 1. The molecule has 0 spiro atoms. The lowest BCUT2D eigenvalue weighted by Crippen LogP contribution is -2.45. The molecule has 2 aliphatic heterocycles. The Hall–Kier alpha value is -1.51. The second kappa shape index (κ2) is 8.67. The minimum absolute atomic E-state index is 0.0930. The predicted octanol–water partition coefficient (Wildman–Crippen LogP) is 0.944. The molecule has 0 bridgehead atoms. The van der Waals surface area contributed by atoms with Gasteiger partial charge in [0, 0.05) is 62.1 Å². The monoisotopic (exact) mass is 413 g/mol. The molecule has 0 amide bonds. The van der Waals surface area contributed by atoms with Gasteiger partial charge in [-0.05, 0) is 25.6 Å². The van der Waals surface area contributed by atoms with Crippen molar-refractivity contribution in [3.05, 3.63) is 28.8 Å². The van der Waals surface area contributed by atoms with E-state index in [9.17, 15) is 8.42 Å². The Kier molecular flexibility index (Phi) is 6.49. The molecule has 2 heterocycles. The molecule has 150 valence electrons. The summed E-state index contributed by atoms with van der Waals surface area (Å²) in [6.07, 6.45) is 0.613. The molecule has 1 aromatic rings. The Labute approximate surface area is 166 Å². The van der Waals surface area contributed by atoms with Gasteiger partial charge in [0.15, 0.2) is 15.8 Å². The van der Waals surface area contributed by atoms with Crippen LogP contribution in [0.5, 0.6) is 0 Å². The van der Waals surface area contributed by atoms with Crippen LogP contribution in [0.2, 0.25) is 5.02 Å². The maximum Gasteiger partial charge on any atom is 0.191 e. The van der Waals surface area contributed by atoms with Crippen LogP contribution in [0.3, 0.4) is 0 Å². The Balaban J connectivity index is 1.66. The number of piperazine rings is 1. The molecule has 2 N–H and O–H groups in total. The van der Waals surface area contributed by atoms with Crippen molar-refractivity contribution >= 4 is 33.1 Å². The van der Waals surface area contributed by atoms with Gasteiger partial charge in [-0.15, -0.1) is 0 Å². The predicted molar refractivity (Wildman–Crippen MR) is 112 cm³/mol. The molecular weight excluding hydrogens is 386 g/mol. The van der Waals surface area contributed by atoms with Crippen molar-refractivity contribution in [1.82, 2.24) is 15.5 Å². The van der Waals surface area contributed by atoms with Gasteiger partial charge in [0.25, 0.3) is 0 Å². The van der Waals surface area contributed by atoms with Gasteiger partial charge >= 0.3 is 0 Å². The number of anilines is 1. The summed E-state index contributed by atoms with van der Waals surface area (Å²) in [5.41, 5.74) is 2.17. The van der Waals surface area contributed by atoms with E-state index >= 15 is 0 Å². The van der Waals surface area contributed by atoms with E-state index in [2.05, 4.69) is 38.5 Å². The smallest absolute Gasteiger partial charge is 0.191 e. The maximum atomic E-state index is 11.7. The summed E-state index contributed by atoms with van der Waals surface area (Å²) in [6, 6.07) is 5.89. The first-order valence-corrected chi connectivity index (χ1v) is 11.5. The van der Waals surface area contributed by atoms with Crippen LogP contribution in [0.4, 0.5) is 5.69 Å². The first-order valence-electron chi connectivity index (χ1n) is 9.26. The zero-order chi connectivity index (χ0) is 19.4. The Bertz CT molecular complexity index is 791. The highest BCUT2D eigenvalue weighted by Crippen LogP contribution is 2.28. The molecule has 1 unspecified atom stereocenters. The van der Waals surface area contributed by atoms with E-state index in [1.165, 1.54) is 0 Å². The highest BCUT2D eigenvalue weighted by Gasteiger charge is 2.28. The van der Waals surface area contributed by atoms with Crippen molar-refractivity contribution in [3.8, 4) is 0 Å². The van der Waals surface area contributed by atoms with Crippen molar-refractivity contribution in [2.75, 3.05) is 56.7 Å².